The van der Waals surface area contributed by atoms with E-state index in [0.29, 0.717) is 71.1 Å². The zero-order valence-electron chi connectivity index (χ0n) is 22.7. The van der Waals surface area contributed by atoms with Crippen LogP contribution in [0.2, 0.25) is 0 Å². The Bertz CT molecular complexity index is 834. The topological polar surface area (TPSA) is 127 Å². The number of rotatable bonds is 21. The predicted molar refractivity (Wildman–Crippen MR) is 141 cm³/mol. The van der Waals surface area contributed by atoms with Crippen molar-refractivity contribution >= 4 is 35.9 Å². The molecular formula is C28H42N2O8. The summed E-state index contributed by atoms with van der Waals surface area (Å²) in [6, 6.07) is 0. The zero-order chi connectivity index (χ0) is 28.2. The summed E-state index contributed by atoms with van der Waals surface area (Å²) in [6.45, 7) is 3.66. The van der Waals surface area contributed by atoms with Crippen molar-refractivity contribution in [1.82, 2.24) is 9.80 Å². The summed E-state index contributed by atoms with van der Waals surface area (Å²) in [6.07, 6.45) is 12.9. The number of likely N-dealkylation sites (N-methyl/N-ethyl adjacent to an activating group) is 1. The smallest absolute Gasteiger partial charge is 0.305 e. The van der Waals surface area contributed by atoms with Gasteiger partial charge >= 0.3 is 11.9 Å². The summed E-state index contributed by atoms with van der Waals surface area (Å²) >= 11 is 0. The van der Waals surface area contributed by atoms with E-state index >= 15 is 0 Å². The van der Waals surface area contributed by atoms with Crippen molar-refractivity contribution in [3.63, 3.8) is 0 Å². The number of ether oxygens (including phenoxy) is 2. The number of esters is 2. The Morgan fingerprint density at radius 2 is 1.39 bits per heavy atom. The molecule has 1 atom stereocenters. The van der Waals surface area contributed by atoms with Crippen LogP contribution in [0.5, 0.6) is 0 Å². The van der Waals surface area contributed by atoms with Crippen molar-refractivity contribution in [3.8, 4) is 0 Å². The van der Waals surface area contributed by atoms with Crippen molar-refractivity contribution < 1.29 is 38.2 Å². The van der Waals surface area contributed by atoms with Gasteiger partial charge in [-0.1, -0.05) is 26.2 Å². The first-order valence-corrected chi connectivity index (χ1v) is 13.5. The van der Waals surface area contributed by atoms with Gasteiger partial charge in [-0.25, -0.2) is 0 Å². The maximum atomic E-state index is 11.9. The lowest BCUT2D eigenvalue weighted by atomic mass is 10.1. The lowest BCUT2D eigenvalue weighted by Crippen LogP contribution is -2.30. The minimum atomic E-state index is -0.264. The first-order valence-electron chi connectivity index (χ1n) is 13.5. The number of carbonyl (C=O) groups excluding carboxylic acids is 6. The van der Waals surface area contributed by atoms with Crippen LogP contribution in [0.1, 0.15) is 77.6 Å². The van der Waals surface area contributed by atoms with Gasteiger partial charge in [0.25, 0.3) is 11.8 Å². The highest BCUT2D eigenvalue weighted by Crippen LogP contribution is 2.11. The van der Waals surface area contributed by atoms with Gasteiger partial charge in [0.15, 0.2) is 0 Å². The van der Waals surface area contributed by atoms with Crippen LogP contribution < -0.4 is 0 Å². The Kier molecular flexibility index (Phi) is 17.0. The molecule has 1 rings (SSSR count). The van der Waals surface area contributed by atoms with E-state index in [1.54, 1.807) is 7.05 Å². The van der Waals surface area contributed by atoms with E-state index < -0.39 is 0 Å². The van der Waals surface area contributed by atoms with E-state index in [-0.39, 0.29) is 35.6 Å². The van der Waals surface area contributed by atoms with Gasteiger partial charge < -0.3 is 14.4 Å². The molecule has 0 saturated heterocycles. The second-order valence-electron chi connectivity index (χ2n) is 9.51. The van der Waals surface area contributed by atoms with E-state index in [4.69, 9.17) is 9.47 Å². The van der Waals surface area contributed by atoms with Gasteiger partial charge in [0.2, 0.25) is 5.91 Å². The molecule has 10 heteroatoms. The third-order valence-corrected chi connectivity index (χ3v) is 6.23. The molecular weight excluding hydrogens is 492 g/mol. The molecule has 0 radical (unpaired) electrons. The molecule has 1 heterocycles. The van der Waals surface area contributed by atoms with Crippen LogP contribution in [-0.2, 0) is 38.2 Å². The number of amides is 3. The number of nitrogens with zero attached hydrogens (tertiary/aromatic N) is 2. The lowest BCUT2D eigenvalue weighted by molar-refractivity contribution is -0.144. The number of carbonyl (C=O) groups is 6. The first kappa shape index (κ1) is 32.7. The highest BCUT2D eigenvalue weighted by Gasteiger charge is 2.22. The number of aldehydes is 1. The molecule has 0 N–H and O–H groups in total. The van der Waals surface area contributed by atoms with Crippen molar-refractivity contribution in [2.24, 2.45) is 5.92 Å². The van der Waals surface area contributed by atoms with Crippen LogP contribution in [0.15, 0.2) is 24.3 Å². The first-order chi connectivity index (χ1) is 18.2. The van der Waals surface area contributed by atoms with E-state index in [2.05, 4.69) is 0 Å². The van der Waals surface area contributed by atoms with E-state index in [0.717, 1.165) is 32.1 Å². The summed E-state index contributed by atoms with van der Waals surface area (Å²) in [5.74, 6) is -0.970. The monoisotopic (exact) mass is 534 g/mol. The minimum absolute atomic E-state index is 0.224. The third kappa shape index (κ3) is 15.1. The van der Waals surface area contributed by atoms with Crippen molar-refractivity contribution in [2.45, 2.75) is 77.6 Å². The van der Waals surface area contributed by atoms with Crippen LogP contribution in [0.3, 0.4) is 0 Å². The van der Waals surface area contributed by atoms with Crippen LogP contribution in [0.25, 0.3) is 0 Å². The maximum Gasteiger partial charge on any atom is 0.305 e. The van der Waals surface area contributed by atoms with E-state index in [1.807, 2.05) is 6.92 Å². The highest BCUT2D eigenvalue weighted by atomic mass is 16.5. The Morgan fingerprint density at radius 1 is 0.868 bits per heavy atom. The molecule has 0 bridgehead atoms. The number of hydrogen-bond donors (Lipinski definition) is 0. The molecule has 3 amide bonds. The Morgan fingerprint density at radius 3 is 1.95 bits per heavy atom. The van der Waals surface area contributed by atoms with Gasteiger partial charge in [0.1, 0.15) is 6.29 Å². The normalized spacial score (nSPS) is 13.7. The molecule has 1 aliphatic rings. The summed E-state index contributed by atoms with van der Waals surface area (Å²) in [5, 5.41) is 0. The van der Waals surface area contributed by atoms with Gasteiger partial charge in [0, 0.05) is 51.2 Å². The second kappa shape index (κ2) is 19.8. The SMILES string of the molecule is CC(CCOC(=O)CCCCCCN1C(=O)C=CC1=O)CCOC(=O)CCCCCN(C)C(=O)/C=C\C=O. The fourth-order valence-corrected chi connectivity index (χ4v) is 3.74. The molecule has 0 saturated carbocycles. The van der Waals surface area contributed by atoms with Crippen LogP contribution in [0, 0.1) is 5.92 Å². The number of imide groups is 1. The lowest BCUT2D eigenvalue weighted by Gasteiger charge is -2.14. The standard InChI is InChI=1S/C28H42N2O8/c1-23(17-22-38-28(36)13-7-5-8-18-29(2)24(32)11-10-20-31)16-21-37-27(35)12-6-3-4-9-19-30-25(33)14-15-26(30)34/h10-11,14-15,20,23H,3-9,12-13,16-19,21-22H2,1-2H3/b11-10-. The van der Waals surface area contributed by atoms with Gasteiger partial charge in [-0.3, -0.25) is 33.7 Å². The Hall–Kier alpha value is -3.30. The molecule has 0 aromatic rings. The van der Waals surface area contributed by atoms with Crippen LogP contribution in [-0.4, -0.2) is 79.1 Å². The van der Waals surface area contributed by atoms with E-state index in [9.17, 15) is 28.8 Å². The average Bonchev–Trinajstić information content (AvgIpc) is 3.20. The molecule has 10 nitrogen and oxygen atoms in total. The molecule has 0 aliphatic carbocycles. The molecule has 212 valence electrons. The Labute approximate surface area is 225 Å². The molecule has 1 unspecified atom stereocenters. The number of allylic oxidation sites excluding steroid dienone is 1. The zero-order valence-corrected chi connectivity index (χ0v) is 22.7. The van der Waals surface area contributed by atoms with Gasteiger partial charge in [-0.15, -0.1) is 0 Å². The van der Waals surface area contributed by atoms with Crippen LogP contribution >= 0.6 is 0 Å². The molecule has 1 aliphatic heterocycles. The fraction of sp³-hybridized carbons (Fsp3) is 0.643. The molecule has 0 spiro atoms. The average molecular weight is 535 g/mol. The highest BCUT2D eigenvalue weighted by molar-refractivity contribution is 6.12. The molecule has 0 aromatic heterocycles. The van der Waals surface area contributed by atoms with Crippen molar-refractivity contribution in [1.29, 1.82) is 0 Å². The van der Waals surface area contributed by atoms with Gasteiger partial charge in [-0.05, 0) is 50.5 Å². The van der Waals surface area contributed by atoms with Crippen molar-refractivity contribution in [3.05, 3.63) is 24.3 Å². The van der Waals surface area contributed by atoms with Crippen molar-refractivity contribution in [2.75, 3.05) is 33.4 Å². The summed E-state index contributed by atoms with van der Waals surface area (Å²) < 4.78 is 10.6. The summed E-state index contributed by atoms with van der Waals surface area (Å²) in [4.78, 5) is 71.3. The summed E-state index contributed by atoms with van der Waals surface area (Å²) in [5.41, 5.74) is 0. The fourth-order valence-electron chi connectivity index (χ4n) is 3.74. The summed E-state index contributed by atoms with van der Waals surface area (Å²) in [7, 11) is 1.67. The third-order valence-electron chi connectivity index (χ3n) is 6.23. The largest absolute Gasteiger partial charge is 0.466 e. The van der Waals surface area contributed by atoms with E-state index in [1.165, 1.54) is 34.1 Å². The Balaban J connectivity index is 1.94. The quantitative estimate of drug-likeness (QED) is 0.0722. The molecule has 0 aromatic carbocycles. The van der Waals surface area contributed by atoms with Gasteiger partial charge in [-0.2, -0.15) is 0 Å². The number of hydrogen-bond acceptors (Lipinski definition) is 8. The van der Waals surface area contributed by atoms with Crippen LogP contribution in [0.4, 0.5) is 0 Å². The van der Waals surface area contributed by atoms with Gasteiger partial charge in [0.05, 0.1) is 13.2 Å². The number of unbranched alkanes of at least 4 members (excludes halogenated alkanes) is 5. The second-order valence-corrected chi connectivity index (χ2v) is 9.51. The minimum Gasteiger partial charge on any atom is -0.466 e. The predicted octanol–water partition coefficient (Wildman–Crippen LogP) is 3.14. The molecule has 38 heavy (non-hydrogen) atoms. The molecule has 0 fully saturated rings. The maximum absolute atomic E-state index is 11.9.